The summed E-state index contributed by atoms with van der Waals surface area (Å²) in [6, 6.07) is 22.3. The predicted octanol–water partition coefficient (Wildman–Crippen LogP) is 3.79. The van der Waals surface area contributed by atoms with Gasteiger partial charge in [0.2, 0.25) is 0 Å². The lowest BCUT2D eigenvalue weighted by Gasteiger charge is -2.15. The van der Waals surface area contributed by atoms with Crippen molar-refractivity contribution in [3.63, 3.8) is 0 Å². The Balaban J connectivity index is 1.64. The van der Waals surface area contributed by atoms with Crippen molar-refractivity contribution in [2.24, 2.45) is 0 Å². The van der Waals surface area contributed by atoms with Gasteiger partial charge in [0.15, 0.2) is 11.9 Å². The van der Waals surface area contributed by atoms with Crippen molar-refractivity contribution in [3.05, 3.63) is 101 Å². The number of hydrogen-bond acceptors (Lipinski definition) is 5. The Morgan fingerprint density at radius 2 is 1.45 bits per heavy atom. The van der Waals surface area contributed by atoms with Gasteiger partial charge in [-0.1, -0.05) is 60.7 Å². The van der Waals surface area contributed by atoms with Crippen LogP contribution in [0.1, 0.15) is 38.8 Å². The van der Waals surface area contributed by atoms with E-state index in [-0.39, 0.29) is 23.5 Å². The summed E-state index contributed by atoms with van der Waals surface area (Å²) in [5.74, 6) is -0.728. The van der Waals surface area contributed by atoms with E-state index in [4.69, 9.17) is 9.47 Å². The van der Waals surface area contributed by atoms with Crippen molar-refractivity contribution >= 4 is 17.7 Å². The van der Waals surface area contributed by atoms with E-state index in [9.17, 15) is 14.4 Å². The van der Waals surface area contributed by atoms with E-state index in [2.05, 4.69) is 5.32 Å². The van der Waals surface area contributed by atoms with E-state index in [1.807, 2.05) is 18.2 Å². The van der Waals surface area contributed by atoms with Gasteiger partial charge in [0, 0.05) is 17.7 Å². The average molecular weight is 417 g/mol. The smallest absolute Gasteiger partial charge is 0.339 e. The maximum atomic E-state index is 12.8. The second-order valence-electron chi connectivity index (χ2n) is 6.85. The van der Waals surface area contributed by atoms with Crippen LogP contribution in [0, 0.1) is 0 Å². The quantitative estimate of drug-likeness (QED) is 0.446. The Labute approximate surface area is 180 Å². The highest BCUT2D eigenvalue weighted by atomic mass is 16.5. The van der Waals surface area contributed by atoms with Gasteiger partial charge in [0.1, 0.15) is 5.75 Å². The van der Waals surface area contributed by atoms with Crippen LogP contribution in [0.4, 0.5) is 0 Å². The number of esters is 1. The number of rotatable bonds is 8. The molecule has 3 rings (SSSR count). The topological polar surface area (TPSA) is 81.7 Å². The van der Waals surface area contributed by atoms with Crippen LogP contribution in [0.2, 0.25) is 0 Å². The minimum absolute atomic E-state index is 0.117. The first kappa shape index (κ1) is 21.8. The molecule has 1 amide bonds. The molecule has 0 unspecified atom stereocenters. The lowest BCUT2D eigenvalue weighted by atomic mass is 9.98. The van der Waals surface area contributed by atoms with Gasteiger partial charge in [-0.15, -0.1) is 0 Å². The Bertz CT molecular complexity index is 1060. The molecule has 0 aliphatic heterocycles. The third kappa shape index (κ3) is 5.57. The zero-order chi connectivity index (χ0) is 22.2. The van der Waals surface area contributed by atoms with Gasteiger partial charge >= 0.3 is 5.97 Å². The Kier molecular flexibility index (Phi) is 7.17. The molecule has 6 nitrogen and oxygen atoms in total. The van der Waals surface area contributed by atoms with Gasteiger partial charge in [-0.05, 0) is 30.7 Å². The summed E-state index contributed by atoms with van der Waals surface area (Å²) in [6.07, 6.45) is -1.02. The number of carbonyl (C=O) groups excluding carboxylic acids is 3. The number of ketones is 1. The highest BCUT2D eigenvalue weighted by Gasteiger charge is 2.23. The fourth-order valence-corrected chi connectivity index (χ4v) is 2.96. The average Bonchev–Trinajstić information content (AvgIpc) is 2.82. The van der Waals surface area contributed by atoms with Gasteiger partial charge in [0.25, 0.3) is 5.91 Å². The van der Waals surface area contributed by atoms with E-state index in [0.717, 1.165) is 11.3 Å². The van der Waals surface area contributed by atoms with E-state index >= 15 is 0 Å². The molecule has 158 valence electrons. The molecule has 31 heavy (non-hydrogen) atoms. The van der Waals surface area contributed by atoms with Gasteiger partial charge in [0.05, 0.1) is 12.7 Å². The highest BCUT2D eigenvalue weighted by Crippen LogP contribution is 2.17. The first-order chi connectivity index (χ1) is 15.0. The highest BCUT2D eigenvalue weighted by molar-refractivity contribution is 6.14. The third-order valence-electron chi connectivity index (χ3n) is 4.71. The second kappa shape index (κ2) is 10.2. The standard InChI is InChI=1S/C25H23NO5/c1-17(24(28)26-16-18-12-14-20(30-2)15-13-18)31-25(29)22-11-7-6-10-21(22)23(27)19-8-4-3-5-9-19/h3-15,17H,16H2,1-2H3,(H,26,28)/t17-/m1/s1. The van der Waals surface area contributed by atoms with Crippen LogP contribution < -0.4 is 10.1 Å². The first-order valence-electron chi connectivity index (χ1n) is 9.80. The van der Waals surface area contributed by atoms with E-state index in [1.165, 1.54) is 13.0 Å². The molecule has 0 saturated carbocycles. The summed E-state index contributed by atoms with van der Waals surface area (Å²) < 4.78 is 10.4. The minimum atomic E-state index is -1.02. The van der Waals surface area contributed by atoms with Gasteiger partial charge in [-0.25, -0.2) is 4.79 Å². The molecule has 3 aromatic rings. The number of ether oxygens (including phenoxy) is 2. The summed E-state index contributed by atoms with van der Waals surface area (Å²) >= 11 is 0. The van der Waals surface area contributed by atoms with Gasteiger partial charge in [-0.3, -0.25) is 9.59 Å². The largest absolute Gasteiger partial charge is 0.497 e. The zero-order valence-electron chi connectivity index (χ0n) is 17.3. The van der Waals surface area contributed by atoms with Crippen LogP contribution in [0.15, 0.2) is 78.9 Å². The number of methoxy groups -OCH3 is 1. The van der Waals surface area contributed by atoms with Gasteiger partial charge < -0.3 is 14.8 Å². The van der Waals surface area contributed by atoms with Crippen LogP contribution in [-0.4, -0.2) is 30.9 Å². The molecule has 1 N–H and O–H groups in total. The molecular weight excluding hydrogens is 394 g/mol. The van der Waals surface area contributed by atoms with Crippen molar-refractivity contribution in [1.82, 2.24) is 5.32 Å². The lowest BCUT2D eigenvalue weighted by Crippen LogP contribution is -2.35. The van der Waals surface area contributed by atoms with Crippen LogP contribution in [0.3, 0.4) is 0 Å². The Morgan fingerprint density at radius 3 is 2.10 bits per heavy atom. The van der Waals surface area contributed by atoms with Crippen molar-refractivity contribution < 1.29 is 23.9 Å². The maximum absolute atomic E-state index is 12.8. The molecule has 0 aromatic heterocycles. The second-order valence-corrected chi connectivity index (χ2v) is 6.85. The summed E-state index contributed by atoms with van der Waals surface area (Å²) in [5, 5.41) is 2.73. The molecule has 0 fully saturated rings. The number of carbonyl (C=O) groups is 3. The minimum Gasteiger partial charge on any atom is -0.497 e. The summed E-state index contributed by atoms with van der Waals surface area (Å²) in [4.78, 5) is 37.9. The van der Waals surface area contributed by atoms with Crippen LogP contribution in [0.5, 0.6) is 5.75 Å². The van der Waals surface area contributed by atoms with Gasteiger partial charge in [-0.2, -0.15) is 0 Å². The van der Waals surface area contributed by atoms with Crippen molar-refractivity contribution in [2.45, 2.75) is 19.6 Å². The lowest BCUT2D eigenvalue weighted by molar-refractivity contribution is -0.129. The first-order valence-corrected chi connectivity index (χ1v) is 9.80. The number of hydrogen-bond donors (Lipinski definition) is 1. The van der Waals surface area contributed by atoms with Crippen molar-refractivity contribution in [1.29, 1.82) is 0 Å². The molecule has 0 bridgehead atoms. The molecule has 0 spiro atoms. The van der Waals surface area contributed by atoms with Crippen molar-refractivity contribution in [2.75, 3.05) is 7.11 Å². The molecular formula is C25H23NO5. The molecule has 6 heteroatoms. The molecule has 3 aromatic carbocycles. The fourth-order valence-electron chi connectivity index (χ4n) is 2.96. The van der Waals surface area contributed by atoms with Crippen molar-refractivity contribution in [3.8, 4) is 5.75 Å². The number of benzene rings is 3. The number of nitrogens with one attached hydrogen (secondary N) is 1. The molecule has 0 aliphatic rings. The molecule has 0 aliphatic carbocycles. The predicted molar refractivity (Wildman–Crippen MR) is 116 cm³/mol. The zero-order valence-corrected chi connectivity index (χ0v) is 17.3. The SMILES string of the molecule is COc1ccc(CNC(=O)[C@@H](C)OC(=O)c2ccccc2C(=O)c2ccccc2)cc1. The third-order valence-corrected chi connectivity index (χ3v) is 4.71. The normalized spacial score (nSPS) is 11.3. The molecule has 0 radical (unpaired) electrons. The molecule has 0 saturated heterocycles. The Morgan fingerprint density at radius 1 is 0.839 bits per heavy atom. The van der Waals surface area contributed by atoms with E-state index in [0.29, 0.717) is 5.56 Å². The summed E-state index contributed by atoms with van der Waals surface area (Å²) in [6.45, 7) is 1.77. The molecule has 1 atom stereocenters. The summed E-state index contributed by atoms with van der Waals surface area (Å²) in [5.41, 5.74) is 1.69. The van der Waals surface area contributed by atoms with Crippen LogP contribution >= 0.6 is 0 Å². The van der Waals surface area contributed by atoms with Crippen LogP contribution in [0.25, 0.3) is 0 Å². The van der Waals surface area contributed by atoms with E-state index in [1.54, 1.807) is 61.7 Å². The molecule has 0 heterocycles. The monoisotopic (exact) mass is 417 g/mol. The number of amides is 1. The maximum Gasteiger partial charge on any atom is 0.339 e. The fraction of sp³-hybridized carbons (Fsp3) is 0.160. The summed E-state index contributed by atoms with van der Waals surface area (Å²) in [7, 11) is 1.58. The Hall–Kier alpha value is -3.93. The van der Waals surface area contributed by atoms with E-state index < -0.39 is 18.0 Å². The van der Waals surface area contributed by atoms with Crippen LogP contribution in [-0.2, 0) is 16.1 Å².